The molecule has 0 radical (unpaired) electrons. The van der Waals surface area contributed by atoms with Crippen molar-refractivity contribution < 1.29 is 24.3 Å². The molecular formula is C39H32Cl2N4O5S2. The van der Waals surface area contributed by atoms with Gasteiger partial charge in [-0.15, -0.1) is 22.7 Å². The van der Waals surface area contributed by atoms with E-state index in [4.69, 9.17) is 28.3 Å². The van der Waals surface area contributed by atoms with Crippen LogP contribution in [-0.2, 0) is 32.8 Å². The number of phenolic OH excluding ortho intramolecular Hbond substituents is 1. The minimum Gasteiger partial charge on any atom is -0.508 e. The average molecular weight is 772 g/mol. The first kappa shape index (κ1) is 33.5. The fourth-order valence-electron chi connectivity index (χ4n) is 9.32. The van der Waals surface area contributed by atoms with Crippen molar-refractivity contribution in [2.75, 3.05) is 4.90 Å². The molecule has 2 saturated heterocycles. The van der Waals surface area contributed by atoms with Crippen LogP contribution in [0.2, 0.25) is 10.0 Å². The number of aromatic nitrogens is 2. The van der Waals surface area contributed by atoms with Gasteiger partial charge in [-0.3, -0.25) is 28.8 Å². The van der Waals surface area contributed by atoms with E-state index in [-0.39, 0.29) is 47.4 Å². The molecule has 2 aliphatic heterocycles. The monoisotopic (exact) mass is 770 g/mol. The van der Waals surface area contributed by atoms with Crippen molar-refractivity contribution in [2.45, 2.75) is 39.2 Å². The molecule has 9 nitrogen and oxygen atoms in total. The minimum absolute atomic E-state index is 0.0297. The molecule has 6 atom stereocenters. The molecule has 3 aromatic heterocycles. The molecule has 9 rings (SSSR count). The van der Waals surface area contributed by atoms with Crippen molar-refractivity contribution in [3.05, 3.63) is 97.7 Å². The van der Waals surface area contributed by atoms with Crippen LogP contribution in [0.5, 0.6) is 5.75 Å². The van der Waals surface area contributed by atoms with Gasteiger partial charge in [-0.1, -0.05) is 47.0 Å². The fourth-order valence-corrected chi connectivity index (χ4v) is 11.6. The number of hydrogen-bond donors (Lipinski definition) is 1. The maximum atomic E-state index is 15.0. The standard InChI is InChI=1S/C39H32Cl2N4O5S2/c1-18-25-13-19(40)6-11-30(25)52-34(18)29-16-31(43(3)42-29)45-36(48)27-15-26-22(33(39(27,2)38(45)50)23-8-7-20(46)14-28(23)41)9-10-24-32(26)37(49)44(35(24)47)17-21-5-4-12-51-21/h4-9,11-14,16,24,26-27,32-33,46H,10,15,17H2,1-3H3/t24-,26+,27-,32-,33+,39+/m0/s1. The van der Waals surface area contributed by atoms with Gasteiger partial charge in [0.05, 0.1) is 34.6 Å². The Morgan fingerprint density at radius 1 is 1.00 bits per heavy atom. The number of allylic oxidation sites excluding steroid dienone is 2. The Bertz CT molecular complexity index is 2420. The fraction of sp³-hybridized carbons (Fsp3) is 0.308. The number of phenols is 1. The summed E-state index contributed by atoms with van der Waals surface area (Å²) in [6.45, 7) is 4.03. The van der Waals surface area contributed by atoms with Crippen LogP contribution in [0.15, 0.2) is 71.6 Å². The van der Waals surface area contributed by atoms with E-state index in [1.807, 2.05) is 55.6 Å². The van der Waals surface area contributed by atoms with E-state index in [0.29, 0.717) is 28.5 Å². The largest absolute Gasteiger partial charge is 0.508 e. The summed E-state index contributed by atoms with van der Waals surface area (Å²) in [4.78, 5) is 62.3. The Kier molecular flexibility index (Phi) is 7.65. The van der Waals surface area contributed by atoms with E-state index in [1.165, 1.54) is 33.3 Å². The number of halogens is 2. The van der Waals surface area contributed by atoms with Gasteiger partial charge in [0.25, 0.3) is 0 Å². The van der Waals surface area contributed by atoms with Gasteiger partial charge in [0, 0.05) is 38.7 Å². The summed E-state index contributed by atoms with van der Waals surface area (Å²) in [7, 11) is 1.72. The van der Waals surface area contributed by atoms with Gasteiger partial charge in [0.1, 0.15) is 17.3 Å². The Balaban J connectivity index is 1.15. The van der Waals surface area contributed by atoms with Crippen LogP contribution < -0.4 is 4.90 Å². The highest BCUT2D eigenvalue weighted by Crippen LogP contribution is 2.64. The molecule has 4 aliphatic rings. The Morgan fingerprint density at radius 3 is 2.56 bits per heavy atom. The molecular weight excluding hydrogens is 739 g/mol. The van der Waals surface area contributed by atoms with Crippen molar-refractivity contribution in [3.8, 4) is 16.3 Å². The molecule has 0 bridgehead atoms. The number of amides is 4. The van der Waals surface area contributed by atoms with Gasteiger partial charge in [0.15, 0.2) is 0 Å². The van der Waals surface area contributed by atoms with E-state index in [1.54, 1.807) is 35.2 Å². The van der Waals surface area contributed by atoms with Crippen LogP contribution in [0.25, 0.3) is 20.7 Å². The third kappa shape index (κ3) is 4.68. The molecule has 5 aromatic rings. The zero-order valence-electron chi connectivity index (χ0n) is 28.3. The van der Waals surface area contributed by atoms with Gasteiger partial charge in [-0.2, -0.15) is 5.10 Å². The van der Waals surface area contributed by atoms with Crippen molar-refractivity contribution in [3.63, 3.8) is 0 Å². The molecule has 2 aliphatic carbocycles. The summed E-state index contributed by atoms with van der Waals surface area (Å²) >= 11 is 16.2. The second-order valence-corrected chi connectivity index (χ2v) is 17.3. The lowest BCUT2D eigenvalue weighted by Crippen LogP contribution is -2.49. The molecule has 4 amide bonds. The third-order valence-electron chi connectivity index (χ3n) is 11.8. The maximum absolute atomic E-state index is 15.0. The molecule has 13 heteroatoms. The van der Waals surface area contributed by atoms with Gasteiger partial charge in [-0.05, 0) is 90.9 Å². The Hall–Kier alpha value is -4.29. The molecule has 0 spiro atoms. The first-order chi connectivity index (χ1) is 24.9. The number of likely N-dealkylation sites (tertiary alicyclic amines) is 1. The molecule has 52 heavy (non-hydrogen) atoms. The lowest BCUT2D eigenvalue weighted by molar-refractivity contribution is -0.141. The zero-order chi connectivity index (χ0) is 36.4. The molecule has 264 valence electrons. The number of carbonyl (C=O) groups is 4. The summed E-state index contributed by atoms with van der Waals surface area (Å²) in [6, 6.07) is 16.0. The zero-order valence-corrected chi connectivity index (χ0v) is 31.4. The van der Waals surface area contributed by atoms with Crippen LogP contribution in [0, 0.1) is 36.0 Å². The van der Waals surface area contributed by atoms with E-state index in [9.17, 15) is 19.5 Å². The first-order valence-electron chi connectivity index (χ1n) is 17.1. The summed E-state index contributed by atoms with van der Waals surface area (Å²) in [5.41, 5.74) is 1.76. The summed E-state index contributed by atoms with van der Waals surface area (Å²) in [6.07, 6.45) is 2.56. The second-order valence-electron chi connectivity index (χ2n) is 14.4. The van der Waals surface area contributed by atoms with Crippen LogP contribution in [-0.4, -0.2) is 43.4 Å². The maximum Gasteiger partial charge on any atom is 0.242 e. The van der Waals surface area contributed by atoms with E-state index < -0.39 is 35.0 Å². The number of imide groups is 2. The first-order valence-corrected chi connectivity index (χ1v) is 19.5. The highest BCUT2D eigenvalue weighted by atomic mass is 35.5. The summed E-state index contributed by atoms with van der Waals surface area (Å²) < 4.78 is 2.61. The molecule has 1 N–H and O–H groups in total. The SMILES string of the molecule is Cc1c(-c2cc(N3C(=O)[C@@H]4C[C@@H]5C(=CC[C@@H]6C(=O)N(Cc7cccs7)C(=O)[C@@H]65)[C@H](c5ccc(O)cc5Cl)[C@]4(C)C3=O)n(C)n2)sc2ccc(Cl)cc12. The normalized spacial score (nSPS) is 27.0. The molecule has 1 saturated carbocycles. The lowest BCUT2D eigenvalue weighted by Gasteiger charge is -2.49. The third-order valence-corrected chi connectivity index (χ3v) is 14.5. The van der Waals surface area contributed by atoms with Crippen LogP contribution in [0.4, 0.5) is 5.82 Å². The van der Waals surface area contributed by atoms with E-state index in [2.05, 4.69) is 0 Å². The van der Waals surface area contributed by atoms with Gasteiger partial charge in [0.2, 0.25) is 23.6 Å². The van der Waals surface area contributed by atoms with E-state index in [0.717, 1.165) is 31.0 Å². The molecule has 0 unspecified atom stereocenters. The minimum atomic E-state index is -1.29. The lowest BCUT2D eigenvalue weighted by atomic mass is 9.51. The Labute approximate surface area is 317 Å². The topological polar surface area (TPSA) is 113 Å². The van der Waals surface area contributed by atoms with Crippen molar-refractivity contribution in [1.82, 2.24) is 14.7 Å². The van der Waals surface area contributed by atoms with Crippen LogP contribution in [0.3, 0.4) is 0 Å². The number of benzene rings is 2. The number of aromatic hydroxyl groups is 1. The van der Waals surface area contributed by atoms with Crippen molar-refractivity contribution >= 4 is 85.4 Å². The van der Waals surface area contributed by atoms with Crippen molar-refractivity contribution in [2.24, 2.45) is 36.1 Å². The number of thiophene rings is 2. The van der Waals surface area contributed by atoms with Crippen LogP contribution in [0.1, 0.15) is 41.7 Å². The number of anilines is 1. The van der Waals surface area contributed by atoms with Crippen molar-refractivity contribution in [1.29, 1.82) is 0 Å². The van der Waals surface area contributed by atoms with Gasteiger partial charge in [-0.25, -0.2) is 4.90 Å². The van der Waals surface area contributed by atoms with Gasteiger partial charge >= 0.3 is 0 Å². The second kappa shape index (κ2) is 11.9. The van der Waals surface area contributed by atoms with E-state index >= 15 is 4.79 Å². The number of fused-ring (bicyclic) bond motifs is 5. The number of hydrogen-bond acceptors (Lipinski definition) is 8. The quantitative estimate of drug-likeness (QED) is 0.143. The highest BCUT2D eigenvalue weighted by molar-refractivity contribution is 7.22. The number of rotatable bonds is 5. The average Bonchev–Trinajstić information content (AvgIpc) is 3.92. The van der Waals surface area contributed by atoms with Gasteiger partial charge < -0.3 is 5.11 Å². The predicted molar refractivity (Wildman–Crippen MR) is 201 cm³/mol. The smallest absolute Gasteiger partial charge is 0.242 e. The highest BCUT2D eigenvalue weighted by Gasteiger charge is 2.68. The predicted octanol–water partition coefficient (Wildman–Crippen LogP) is 8.12. The number of nitrogens with zero attached hydrogens (tertiary/aromatic N) is 4. The Morgan fingerprint density at radius 2 is 1.81 bits per heavy atom. The summed E-state index contributed by atoms with van der Waals surface area (Å²) in [5.74, 6) is -4.11. The molecule has 3 fully saturated rings. The summed E-state index contributed by atoms with van der Waals surface area (Å²) in [5, 5.41) is 18.9. The molecule has 2 aromatic carbocycles. The number of aryl methyl sites for hydroxylation is 2. The van der Waals surface area contributed by atoms with Crippen LogP contribution >= 0.6 is 45.9 Å². The number of carbonyl (C=O) groups excluding carboxylic acids is 4. The molecule has 5 heterocycles.